The molecule has 1 aliphatic rings. The average molecular weight is 444 g/mol. The summed E-state index contributed by atoms with van der Waals surface area (Å²) < 4.78 is 47.3. The first-order valence-electron chi connectivity index (χ1n) is 9.65. The molecule has 0 bridgehead atoms. The molecule has 8 nitrogen and oxygen atoms in total. The highest BCUT2D eigenvalue weighted by Crippen LogP contribution is 2.44. The van der Waals surface area contributed by atoms with E-state index in [-0.39, 0.29) is 17.8 Å². The molecule has 0 saturated carbocycles. The number of nitrogens with zero attached hydrogens (tertiary/aromatic N) is 4. The molecule has 3 aromatic rings. The van der Waals surface area contributed by atoms with E-state index in [0.717, 1.165) is 10.9 Å². The molecule has 0 fully saturated rings. The van der Waals surface area contributed by atoms with Crippen LogP contribution < -0.4 is 15.5 Å². The Balaban J connectivity index is 1.60. The number of rotatable bonds is 5. The number of nitrogens with one attached hydrogen (secondary N) is 2. The van der Waals surface area contributed by atoms with E-state index in [0.29, 0.717) is 16.9 Å². The molecule has 0 unspecified atom stereocenters. The Kier molecular flexibility index (Phi) is 5.80. The summed E-state index contributed by atoms with van der Waals surface area (Å²) in [7, 11) is 1.51. The summed E-state index contributed by atoms with van der Waals surface area (Å²) in [5, 5.41) is 10.7. The van der Waals surface area contributed by atoms with Gasteiger partial charge in [-0.3, -0.25) is 9.78 Å². The number of alkyl halides is 3. The molecule has 1 aliphatic heterocycles. The van der Waals surface area contributed by atoms with Crippen LogP contribution >= 0.6 is 0 Å². The fraction of sp³-hybridized carbons (Fsp3) is 0.238. The van der Waals surface area contributed by atoms with Gasteiger partial charge in [-0.25, -0.2) is 10.1 Å². The maximum absolute atomic E-state index is 13.8. The molecule has 0 saturated heterocycles. The Morgan fingerprint density at radius 2 is 2.06 bits per heavy atom. The van der Waals surface area contributed by atoms with Crippen molar-refractivity contribution in [2.24, 2.45) is 5.10 Å². The first kappa shape index (κ1) is 21.3. The Labute approximate surface area is 181 Å². The maximum Gasteiger partial charge on any atom is 0.410 e. The van der Waals surface area contributed by atoms with Gasteiger partial charge in [0, 0.05) is 24.4 Å². The zero-order valence-electron chi connectivity index (χ0n) is 16.9. The van der Waals surface area contributed by atoms with Gasteiger partial charge < -0.3 is 10.1 Å². The van der Waals surface area contributed by atoms with E-state index in [1.165, 1.54) is 13.3 Å². The van der Waals surface area contributed by atoms with Crippen LogP contribution in [0.5, 0.6) is 5.75 Å². The van der Waals surface area contributed by atoms with Crippen LogP contribution in [0.25, 0.3) is 0 Å². The number of hydrogen-bond acceptors (Lipinski definition) is 6. The molecule has 0 radical (unpaired) electrons. The van der Waals surface area contributed by atoms with Crippen molar-refractivity contribution in [1.82, 2.24) is 20.2 Å². The van der Waals surface area contributed by atoms with Crippen LogP contribution in [0.4, 0.5) is 19.0 Å². The van der Waals surface area contributed by atoms with Gasteiger partial charge in [0.1, 0.15) is 17.1 Å². The van der Waals surface area contributed by atoms with Gasteiger partial charge in [-0.05, 0) is 23.8 Å². The number of benzene rings is 1. The van der Waals surface area contributed by atoms with Crippen molar-refractivity contribution in [3.8, 4) is 5.75 Å². The van der Waals surface area contributed by atoms with Gasteiger partial charge in [0.15, 0.2) is 6.04 Å². The van der Waals surface area contributed by atoms with E-state index in [2.05, 4.69) is 25.9 Å². The molecule has 0 aliphatic carbocycles. The number of amides is 1. The number of pyridine rings is 1. The lowest BCUT2D eigenvalue weighted by Gasteiger charge is -2.34. The second-order valence-electron chi connectivity index (χ2n) is 7.10. The van der Waals surface area contributed by atoms with Crippen molar-refractivity contribution in [2.45, 2.75) is 24.7 Å². The fourth-order valence-corrected chi connectivity index (χ4v) is 3.46. The van der Waals surface area contributed by atoms with Crippen LogP contribution in [0.15, 0.2) is 60.1 Å². The Hall–Kier alpha value is -3.89. The van der Waals surface area contributed by atoms with E-state index >= 15 is 0 Å². The van der Waals surface area contributed by atoms with Crippen LogP contribution in [0.1, 0.15) is 40.0 Å². The van der Waals surface area contributed by atoms with E-state index in [4.69, 9.17) is 4.74 Å². The summed E-state index contributed by atoms with van der Waals surface area (Å²) in [5.41, 5.74) is 3.56. The maximum atomic E-state index is 13.8. The third kappa shape index (κ3) is 4.41. The quantitative estimate of drug-likeness (QED) is 0.462. The van der Waals surface area contributed by atoms with Gasteiger partial charge in [-0.15, -0.1) is 0 Å². The van der Waals surface area contributed by atoms with E-state index in [1.807, 2.05) is 0 Å². The first-order chi connectivity index (χ1) is 15.4. The number of carbonyl (C=O) groups is 1. The molecule has 3 heterocycles. The fourth-order valence-electron chi connectivity index (χ4n) is 3.46. The largest absolute Gasteiger partial charge is 0.497 e. The lowest BCUT2D eigenvalue weighted by atomic mass is 9.96. The Morgan fingerprint density at radius 1 is 1.28 bits per heavy atom. The number of carbonyl (C=O) groups excluding carboxylic acids is 1. The molecule has 11 heteroatoms. The minimum absolute atomic E-state index is 0.0199. The van der Waals surface area contributed by atoms with Crippen LogP contribution in [0.3, 0.4) is 0 Å². The van der Waals surface area contributed by atoms with Crippen molar-refractivity contribution in [3.05, 3.63) is 71.7 Å². The molecule has 1 aromatic carbocycles. The van der Waals surface area contributed by atoms with Gasteiger partial charge in [-0.1, -0.05) is 18.2 Å². The smallest absolute Gasteiger partial charge is 0.410 e. The summed E-state index contributed by atoms with van der Waals surface area (Å²) >= 11 is 0. The molecule has 2 N–H and O–H groups in total. The van der Waals surface area contributed by atoms with Crippen LogP contribution in [-0.2, 0) is 0 Å². The normalized spacial score (nSPS) is 18.1. The van der Waals surface area contributed by atoms with E-state index < -0.39 is 24.2 Å². The minimum Gasteiger partial charge on any atom is -0.497 e. The number of halogens is 3. The van der Waals surface area contributed by atoms with Crippen LogP contribution in [0, 0.1) is 0 Å². The van der Waals surface area contributed by atoms with Gasteiger partial charge in [-0.2, -0.15) is 23.4 Å². The molecule has 2 aromatic heterocycles. The zero-order valence-corrected chi connectivity index (χ0v) is 16.9. The van der Waals surface area contributed by atoms with Crippen LogP contribution in [0.2, 0.25) is 0 Å². The SMILES string of the molecule is COc1ccc([C@H]2C[C@H](C(F)(F)F)n3ncc(C(=O)N/N=C\c4cccnc4)c3N2)cc1. The first-order valence-corrected chi connectivity index (χ1v) is 9.65. The lowest BCUT2D eigenvalue weighted by Crippen LogP contribution is -2.36. The van der Waals surface area contributed by atoms with E-state index in [9.17, 15) is 18.0 Å². The summed E-state index contributed by atoms with van der Waals surface area (Å²) in [5.74, 6) is -0.114. The van der Waals surface area contributed by atoms with Gasteiger partial charge in [0.05, 0.1) is 25.6 Å². The zero-order chi connectivity index (χ0) is 22.7. The van der Waals surface area contributed by atoms with Crippen molar-refractivity contribution >= 4 is 17.9 Å². The number of hydrazone groups is 1. The van der Waals surface area contributed by atoms with Crippen molar-refractivity contribution in [3.63, 3.8) is 0 Å². The highest BCUT2D eigenvalue weighted by molar-refractivity contribution is 5.99. The third-order valence-electron chi connectivity index (χ3n) is 5.07. The second-order valence-corrected chi connectivity index (χ2v) is 7.10. The van der Waals surface area contributed by atoms with E-state index in [1.54, 1.807) is 48.8 Å². The molecular weight excluding hydrogens is 425 g/mol. The molecule has 4 rings (SSSR count). The molecule has 2 atom stereocenters. The standard InChI is InChI=1S/C21H19F3N6O2/c1-32-15-6-4-14(5-7-15)17-9-18(21(22,23)24)30-19(28-17)16(12-27-30)20(31)29-26-11-13-3-2-8-25-10-13/h2-8,10-12,17-18,28H,9H2,1H3,(H,29,31)/b26-11-/t17-,18-/m1/s1. The van der Waals surface area contributed by atoms with Crippen molar-refractivity contribution in [1.29, 1.82) is 0 Å². The number of hydrogen-bond donors (Lipinski definition) is 2. The molecule has 0 spiro atoms. The number of aromatic nitrogens is 3. The monoisotopic (exact) mass is 444 g/mol. The highest BCUT2D eigenvalue weighted by atomic mass is 19.4. The minimum atomic E-state index is -4.54. The summed E-state index contributed by atoms with van der Waals surface area (Å²) in [4.78, 5) is 16.5. The van der Waals surface area contributed by atoms with Gasteiger partial charge in [0.25, 0.3) is 5.91 Å². The third-order valence-corrected chi connectivity index (χ3v) is 5.07. The topological polar surface area (TPSA) is 93.4 Å². The van der Waals surface area contributed by atoms with Gasteiger partial charge >= 0.3 is 6.18 Å². The van der Waals surface area contributed by atoms with Crippen LogP contribution in [-0.4, -0.2) is 40.2 Å². The van der Waals surface area contributed by atoms with Gasteiger partial charge in [0.2, 0.25) is 0 Å². The highest BCUT2D eigenvalue weighted by Gasteiger charge is 2.47. The summed E-state index contributed by atoms with van der Waals surface area (Å²) in [6, 6.07) is 7.60. The molecular formula is C21H19F3N6O2. The molecule has 32 heavy (non-hydrogen) atoms. The molecule has 166 valence electrons. The Bertz CT molecular complexity index is 1110. The number of anilines is 1. The van der Waals surface area contributed by atoms with Crippen molar-refractivity contribution in [2.75, 3.05) is 12.4 Å². The summed E-state index contributed by atoms with van der Waals surface area (Å²) in [6.45, 7) is 0. The number of ether oxygens (including phenoxy) is 1. The Morgan fingerprint density at radius 3 is 2.72 bits per heavy atom. The van der Waals surface area contributed by atoms with Crippen molar-refractivity contribution < 1.29 is 22.7 Å². The number of methoxy groups -OCH3 is 1. The number of fused-ring (bicyclic) bond motifs is 1. The summed E-state index contributed by atoms with van der Waals surface area (Å²) in [6.07, 6.45) is 0.813. The lowest BCUT2D eigenvalue weighted by molar-refractivity contribution is -0.173. The average Bonchev–Trinajstić information content (AvgIpc) is 3.22. The predicted molar refractivity (Wildman–Crippen MR) is 111 cm³/mol. The molecule has 1 amide bonds. The second kappa shape index (κ2) is 8.69. The predicted octanol–water partition coefficient (Wildman–Crippen LogP) is 3.71.